The van der Waals surface area contributed by atoms with E-state index in [0.29, 0.717) is 5.88 Å². The SMILES string of the molecule is C=Cc1cnc(OC)c(CC)c1. The molecule has 1 heterocycles. The van der Waals surface area contributed by atoms with Crippen molar-refractivity contribution in [2.75, 3.05) is 7.11 Å². The first-order valence-electron chi connectivity index (χ1n) is 3.97. The normalized spacial score (nSPS) is 9.50. The molecule has 0 N–H and O–H groups in total. The van der Waals surface area contributed by atoms with E-state index in [4.69, 9.17) is 4.74 Å². The third-order valence-corrected chi connectivity index (χ3v) is 1.76. The number of aryl methyl sites for hydroxylation is 1. The van der Waals surface area contributed by atoms with E-state index >= 15 is 0 Å². The highest BCUT2D eigenvalue weighted by atomic mass is 16.5. The van der Waals surface area contributed by atoms with Gasteiger partial charge in [-0.15, -0.1) is 0 Å². The first-order valence-corrected chi connectivity index (χ1v) is 3.97. The maximum Gasteiger partial charge on any atom is 0.216 e. The molecule has 2 heteroatoms. The summed E-state index contributed by atoms with van der Waals surface area (Å²) in [6.45, 7) is 5.76. The number of pyridine rings is 1. The van der Waals surface area contributed by atoms with Crippen LogP contribution < -0.4 is 4.74 Å². The Labute approximate surface area is 72.9 Å². The van der Waals surface area contributed by atoms with Gasteiger partial charge in [0.05, 0.1) is 7.11 Å². The van der Waals surface area contributed by atoms with Crippen molar-refractivity contribution in [1.29, 1.82) is 0 Å². The number of aromatic nitrogens is 1. The van der Waals surface area contributed by atoms with Crippen LogP contribution in [0.2, 0.25) is 0 Å². The van der Waals surface area contributed by atoms with Crippen LogP contribution in [0.25, 0.3) is 6.08 Å². The fourth-order valence-corrected chi connectivity index (χ4v) is 1.06. The van der Waals surface area contributed by atoms with E-state index in [2.05, 4.69) is 18.5 Å². The number of ether oxygens (including phenoxy) is 1. The van der Waals surface area contributed by atoms with Crippen LogP contribution in [0.5, 0.6) is 5.88 Å². The maximum absolute atomic E-state index is 5.09. The first-order chi connectivity index (χ1) is 5.81. The molecule has 0 spiro atoms. The van der Waals surface area contributed by atoms with E-state index in [1.165, 1.54) is 0 Å². The smallest absolute Gasteiger partial charge is 0.216 e. The van der Waals surface area contributed by atoms with Gasteiger partial charge in [0.2, 0.25) is 5.88 Å². The average Bonchev–Trinajstić information content (AvgIpc) is 2.16. The minimum Gasteiger partial charge on any atom is -0.481 e. The number of hydrogen-bond acceptors (Lipinski definition) is 2. The van der Waals surface area contributed by atoms with Gasteiger partial charge < -0.3 is 4.74 Å². The summed E-state index contributed by atoms with van der Waals surface area (Å²) in [5.41, 5.74) is 2.16. The molecule has 0 atom stereocenters. The minimum absolute atomic E-state index is 0.711. The van der Waals surface area contributed by atoms with Crippen molar-refractivity contribution < 1.29 is 4.74 Å². The number of nitrogens with zero attached hydrogens (tertiary/aromatic N) is 1. The Kier molecular flexibility index (Phi) is 2.86. The third kappa shape index (κ3) is 1.64. The standard InChI is InChI=1S/C10H13NO/c1-4-8-6-9(5-2)10(12-3)11-7-8/h4,6-7H,1,5H2,2-3H3. The second-order valence-corrected chi connectivity index (χ2v) is 2.49. The van der Waals surface area contributed by atoms with Crippen molar-refractivity contribution in [1.82, 2.24) is 4.98 Å². The summed E-state index contributed by atoms with van der Waals surface area (Å²) in [6.07, 6.45) is 4.47. The summed E-state index contributed by atoms with van der Waals surface area (Å²) in [7, 11) is 1.63. The lowest BCUT2D eigenvalue weighted by molar-refractivity contribution is 0.393. The van der Waals surface area contributed by atoms with Crippen LogP contribution in [0.4, 0.5) is 0 Å². The number of hydrogen-bond donors (Lipinski definition) is 0. The summed E-state index contributed by atoms with van der Waals surface area (Å²) < 4.78 is 5.09. The maximum atomic E-state index is 5.09. The van der Waals surface area contributed by atoms with Crippen LogP contribution in [0.1, 0.15) is 18.1 Å². The highest BCUT2D eigenvalue weighted by Gasteiger charge is 2.01. The van der Waals surface area contributed by atoms with Crippen LogP contribution in [0, 0.1) is 0 Å². The van der Waals surface area contributed by atoms with Crippen LogP contribution in [0.15, 0.2) is 18.8 Å². The van der Waals surface area contributed by atoms with Crippen LogP contribution in [-0.2, 0) is 6.42 Å². The van der Waals surface area contributed by atoms with Crippen LogP contribution in [-0.4, -0.2) is 12.1 Å². The zero-order valence-electron chi connectivity index (χ0n) is 7.50. The monoisotopic (exact) mass is 163 g/mol. The van der Waals surface area contributed by atoms with Crippen molar-refractivity contribution in [3.8, 4) is 5.88 Å². The second-order valence-electron chi connectivity index (χ2n) is 2.49. The molecule has 1 rings (SSSR count). The molecule has 12 heavy (non-hydrogen) atoms. The van der Waals surface area contributed by atoms with Crippen LogP contribution >= 0.6 is 0 Å². The van der Waals surface area contributed by atoms with Gasteiger partial charge in [-0.3, -0.25) is 0 Å². The van der Waals surface area contributed by atoms with Crippen LogP contribution in [0.3, 0.4) is 0 Å². The molecular weight excluding hydrogens is 150 g/mol. The predicted molar refractivity (Wildman–Crippen MR) is 50.3 cm³/mol. The van der Waals surface area contributed by atoms with E-state index in [1.54, 1.807) is 19.4 Å². The Morgan fingerprint density at radius 1 is 1.67 bits per heavy atom. The molecule has 1 aromatic heterocycles. The average molecular weight is 163 g/mol. The van der Waals surface area contributed by atoms with Gasteiger partial charge >= 0.3 is 0 Å². The molecule has 0 saturated carbocycles. The molecule has 0 saturated heterocycles. The molecule has 0 aliphatic heterocycles. The van der Waals surface area contributed by atoms with Crippen molar-refractivity contribution in [2.24, 2.45) is 0 Å². The van der Waals surface area contributed by atoms with Gasteiger partial charge in [0, 0.05) is 11.8 Å². The highest BCUT2D eigenvalue weighted by molar-refractivity contribution is 5.48. The molecule has 0 aliphatic carbocycles. The highest BCUT2D eigenvalue weighted by Crippen LogP contribution is 2.16. The zero-order valence-corrected chi connectivity index (χ0v) is 7.50. The summed E-state index contributed by atoms with van der Waals surface area (Å²) in [6, 6.07) is 2.04. The summed E-state index contributed by atoms with van der Waals surface area (Å²) in [4.78, 5) is 4.15. The van der Waals surface area contributed by atoms with Gasteiger partial charge in [0.25, 0.3) is 0 Å². The van der Waals surface area contributed by atoms with E-state index in [9.17, 15) is 0 Å². The number of methoxy groups -OCH3 is 1. The number of rotatable bonds is 3. The predicted octanol–water partition coefficient (Wildman–Crippen LogP) is 2.30. The van der Waals surface area contributed by atoms with Gasteiger partial charge in [0.15, 0.2) is 0 Å². The van der Waals surface area contributed by atoms with Gasteiger partial charge in [-0.05, 0) is 18.1 Å². The van der Waals surface area contributed by atoms with Gasteiger partial charge in [0.1, 0.15) is 0 Å². The van der Waals surface area contributed by atoms with Crippen molar-refractivity contribution in [3.63, 3.8) is 0 Å². The Morgan fingerprint density at radius 3 is 2.92 bits per heavy atom. The van der Waals surface area contributed by atoms with Crippen molar-refractivity contribution in [2.45, 2.75) is 13.3 Å². The topological polar surface area (TPSA) is 22.1 Å². The van der Waals surface area contributed by atoms with E-state index in [-0.39, 0.29) is 0 Å². The molecule has 0 fully saturated rings. The van der Waals surface area contributed by atoms with E-state index < -0.39 is 0 Å². The largest absolute Gasteiger partial charge is 0.481 e. The van der Waals surface area contributed by atoms with E-state index in [1.807, 2.05) is 6.07 Å². The molecule has 0 unspecified atom stereocenters. The van der Waals surface area contributed by atoms with Crippen molar-refractivity contribution >= 4 is 6.08 Å². The molecule has 0 bridgehead atoms. The molecule has 0 aromatic carbocycles. The molecule has 64 valence electrons. The van der Waals surface area contributed by atoms with Gasteiger partial charge in [-0.1, -0.05) is 19.6 Å². The Hall–Kier alpha value is -1.31. The third-order valence-electron chi connectivity index (χ3n) is 1.76. The second kappa shape index (κ2) is 3.90. The quantitative estimate of drug-likeness (QED) is 0.682. The molecular formula is C10H13NO. The first kappa shape index (κ1) is 8.78. The Bertz CT molecular complexity index is 281. The fraction of sp³-hybridized carbons (Fsp3) is 0.300. The summed E-state index contributed by atoms with van der Waals surface area (Å²) in [5, 5.41) is 0. The lowest BCUT2D eigenvalue weighted by Gasteiger charge is -2.05. The van der Waals surface area contributed by atoms with Crippen molar-refractivity contribution in [3.05, 3.63) is 30.0 Å². The fourth-order valence-electron chi connectivity index (χ4n) is 1.06. The Morgan fingerprint density at radius 2 is 2.42 bits per heavy atom. The molecule has 0 aliphatic rings. The summed E-state index contributed by atoms with van der Waals surface area (Å²) >= 11 is 0. The van der Waals surface area contributed by atoms with E-state index in [0.717, 1.165) is 17.5 Å². The Balaban J connectivity index is 3.10. The lowest BCUT2D eigenvalue weighted by atomic mass is 10.1. The zero-order chi connectivity index (χ0) is 8.97. The van der Waals surface area contributed by atoms with Gasteiger partial charge in [-0.2, -0.15) is 0 Å². The molecule has 2 nitrogen and oxygen atoms in total. The minimum atomic E-state index is 0.711. The lowest BCUT2D eigenvalue weighted by Crippen LogP contribution is -1.94. The molecule has 0 amide bonds. The molecule has 0 radical (unpaired) electrons. The molecule has 1 aromatic rings. The van der Waals surface area contributed by atoms with Gasteiger partial charge in [-0.25, -0.2) is 4.98 Å². The summed E-state index contributed by atoms with van der Waals surface area (Å²) in [5.74, 6) is 0.711.